The quantitative estimate of drug-likeness (QED) is 0.673. The van der Waals surface area contributed by atoms with Crippen molar-refractivity contribution in [3.05, 3.63) is 32.8 Å². The summed E-state index contributed by atoms with van der Waals surface area (Å²) >= 11 is 13.3. The van der Waals surface area contributed by atoms with E-state index in [1.54, 1.807) is 0 Å². The monoisotopic (exact) mass is 368 g/mol. The second-order valence-electron chi connectivity index (χ2n) is 8.35. The molecule has 0 spiro atoms. The minimum absolute atomic E-state index is 0.126. The van der Waals surface area contributed by atoms with Crippen LogP contribution in [0, 0.1) is 11.3 Å². The normalized spacial score (nSPS) is 32.4. The summed E-state index contributed by atoms with van der Waals surface area (Å²) in [5, 5.41) is 11.4. The number of fused-ring (bicyclic) bond motifs is 3. The van der Waals surface area contributed by atoms with Crippen LogP contribution in [0.3, 0.4) is 0 Å². The standard InChI is InChI=1S/C20H26Cl2O2/c1-11(2)16-14(21)10-13-12(17(16)22)6-7-15-19(13,3)8-5-9-20(15,4)18(23)24/h10-11,15H,5-9H2,1-4H3,(H,23,24). The Labute approximate surface area is 154 Å². The lowest BCUT2D eigenvalue weighted by molar-refractivity contribution is -0.157. The Balaban J connectivity index is 2.19. The maximum Gasteiger partial charge on any atom is 0.309 e. The van der Waals surface area contributed by atoms with Gasteiger partial charge in [-0.3, -0.25) is 4.79 Å². The molecule has 1 aromatic rings. The van der Waals surface area contributed by atoms with Crippen LogP contribution in [-0.2, 0) is 16.6 Å². The minimum Gasteiger partial charge on any atom is -0.481 e. The number of rotatable bonds is 2. The van der Waals surface area contributed by atoms with Gasteiger partial charge in [-0.1, -0.05) is 50.4 Å². The highest BCUT2D eigenvalue weighted by atomic mass is 35.5. The molecule has 0 amide bonds. The van der Waals surface area contributed by atoms with Crippen LogP contribution >= 0.6 is 23.2 Å². The van der Waals surface area contributed by atoms with Crippen LogP contribution in [0.1, 0.15) is 76.0 Å². The summed E-state index contributed by atoms with van der Waals surface area (Å²) in [7, 11) is 0. The van der Waals surface area contributed by atoms with Crippen molar-refractivity contribution in [1.82, 2.24) is 0 Å². The third-order valence-corrected chi connectivity index (χ3v) is 7.39. The van der Waals surface area contributed by atoms with Gasteiger partial charge in [0.2, 0.25) is 0 Å². The van der Waals surface area contributed by atoms with Crippen LogP contribution < -0.4 is 0 Å². The molecule has 2 aliphatic carbocycles. The van der Waals surface area contributed by atoms with Crippen LogP contribution in [0.25, 0.3) is 0 Å². The number of hydrogen-bond acceptors (Lipinski definition) is 1. The maximum atomic E-state index is 12.0. The van der Waals surface area contributed by atoms with Gasteiger partial charge in [0.1, 0.15) is 0 Å². The first-order chi connectivity index (χ1) is 11.1. The van der Waals surface area contributed by atoms with Crippen molar-refractivity contribution in [2.75, 3.05) is 0 Å². The average Bonchev–Trinajstić information content (AvgIpc) is 2.47. The summed E-state index contributed by atoms with van der Waals surface area (Å²) in [5.74, 6) is -0.268. The van der Waals surface area contributed by atoms with Gasteiger partial charge < -0.3 is 5.11 Å². The summed E-state index contributed by atoms with van der Waals surface area (Å²) in [5.41, 5.74) is 2.57. The molecule has 2 nitrogen and oxygen atoms in total. The summed E-state index contributed by atoms with van der Waals surface area (Å²) in [6, 6.07) is 2.08. The van der Waals surface area contributed by atoms with Crippen molar-refractivity contribution in [3.63, 3.8) is 0 Å². The van der Waals surface area contributed by atoms with E-state index in [9.17, 15) is 9.90 Å². The molecule has 24 heavy (non-hydrogen) atoms. The van der Waals surface area contributed by atoms with Crippen molar-refractivity contribution in [2.24, 2.45) is 11.3 Å². The summed E-state index contributed by atoms with van der Waals surface area (Å²) in [6.45, 7) is 8.36. The predicted octanol–water partition coefficient (Wildman–Crippen LogP) is 6.21. The molecule has 0 aliphatic heterocycles. The van der Waals surface area contributed by atoms with E-state index in [1.165, 1.54) is 11.1 Å². The largest absolute Gasteiger partial charge is 0.481 e. The van der Waals surface area contributed by atoms with Crippen LogP contribution in [0.5, 0.6) is 0 Å². The van der Waals surface area contributed by atoms with E-state index >= 15 is 0 Å². The molecule has 0 heterocycles. The number of carbonyl (C=O) groups is 1. The highest BCUT2D eigenvalue weighted by molar-refractivity contribution is 6.36. The molecular weight excluding hydrogens is 343 g/mol. The first-order valence-electron chi connectivity index (χ1n) is 8.87. The molecule has 1 aromatic carbocycles. The number of halogens is 2. The Kier molecular flexibility index (Phi) is 4.45. The molecule has 132 valence electrons. The van der Waals surface area contributed by atoms with Gasteiger partial charge >= 0.3 is 5.97 Å². The molecule has 1 N–H and O–H groups in total. The average molecular weight is 369 g/mol. The Hall–Kier alpha value is -0.730. The van der Waals surface area contributed by atoms with Gasteiger partial charge in [0.25, 0.3) is 0 Å². The Morgan fingerprint density at radius 1 is 1.29 bits per heavy atom. The first kappa shape index (κ1) is 18.1. The summed E-state index contributed by atoms with van der Waals surface area (Å²) in [4.78, 5) is 12.0. The van der Waals surface area contributed by atoms with Gasteiger partial charge in [0, 0.05) is 10.0 Å². The Bertz CT molecular complexity index is 697. The fourth-order valence-corrected chi connectivity index (χ4v) is 6.33. The zero-order valence-electron chi connectivity index (χ0n) is 14.9. The fraction of sp³-hybridized carbons (Fsp3) is 0.650. The third-order valence-electron chi connectivity index (χ3n) is 6.65. The number of carboxylic acids is 1. The predicted molar refractivity (Wildman–Crippen MR) is 99.3 cm³/mol. The second-order valence-corrected chi connectivity index (χ2v) is 9.14. The highest BCUT2D eigenvalue weighted by Crippen LogP contribution is 2.59. The molecule has 0 bridgehead atoms. The van der Waals surface area contributed by atoms with E-state index in [0.717, 1.165) is 47.7 Å². The van der Waals surface area contributed by atoms with Gasteiger partial charge in [-0.2, -0.15) is 0 Å². The van der Waals surface area contributed by atoms with Gasteiger partial charge in [-0.25, -0.2) is 0 Å². The summed E-state index contributed by atoms with van der Waals surface area (Å²) in [6.07, 6.45) is 4.40. The van der Waals surface area contributed by atoms with Gasteiger partial charge in [0.05, 0.1) is 5.41 Å². The molecule has 0 saturated heterocycles. The molecular formula is C20H26Cl2O2. The lowest BCUT2D eigenvalue weighted by Crippen LogP contribution is -2.52. The minimum atomic E-state index is -0.669. The highest BCUT2D eigenvalue weighted by Gasteiger charge is 2.55. The summed E-state index contributed by atoms with van der Waals surface area (Å²) < 4.78 is 0. The van der Waals surface area contributed by atoms with E-state index in [1.807, 2.05) is 6.92 Å². The zero-order valence-corrected chi connectivity index (χ0v) is 16.4. The van der Waals surface area contributed by atoms with Crippen molar-refractivity contribution in [1.29, 1.82) is 0 Å². The van der Waals surface area contributed by atoms with E-state index in [4.69, 9.17) is 23.2 Å². The van der Waals surface area contributed by atoms with Crippen molar-refractivity contribution < 1.29 is 9.90 Å². The van der Waals surface area contributed by atoms with E-state index in [0.29, 0.717) is 0 Å². The van der Waals surface area contributed by atoms with Crippen molar-refractivity contribution in [3.8, 4) is 0 Å². The number of benzene rings is 1. The number of hydrogen-bond donors (Lipinski definition) is 1. The Morgan fingerprint density at radius 2 is 1.96 bits per heavy atom. The zero-order chi connectivity index (χ0) is 17.9. The maximum absolute atomic E-state index is 12.0. The van der Waals surface area contributed by atoms with Gasteiger partial charge in [-0.05, 0) is 72.6 Å². The molecule has 3 atom stereocenters. The van der Waals surface area contributed by atoms with E-state index < -0.39 is 11.4 Å². The van der Waals surface area contributed by atoms with Crippen LogP contribution in [-0.4, -0.2) is 11.1 Å². The molecule has 0 radical (unpaired) electrons. The smallest absolute Gasteiger partial charge is 0.309 e. The van der Waals surface area contributed by atoms with Gasteiger partial charge in [0.15, 0.2) is 0 Å². The van der Waals surface area contributed by atoms with Gasteiger partial charge in [-0.15, -0.1) is 0 Å². The van der Waals surface area contributed by atoms with E-state index in [2.05, 4.69) is 26.8 Å². The van der Waals surface area contributed by atoms with Crippen LogP contribution in [0.15, 0.2) is 6.07 Å². The van der Waals surface area contributed by atoms with Crippen LogP contribution in [0.2, 0.25) is 10.0 Å². The number of carboxylic acid groups (broad SMARTS) is 1. The molecule has 0 aromatic heterocycles. The lowest BCUT2D eigenvalue weighted by atomic mass is 9.49. The molecule has 3 unspecified atom stereocenters. The third kappa shape index (κ3) is 2.41. The Morgan fingerprint density at radius 3 is 2.54 bits per heavy atom. The van der Waals surface area contributed by atoms with Crippen LogP contribution in [0.4, 0.5) is 0 Å². The topological polar surface area (TPSA) is 37.3 Å². The molecule has 4 heteroatoms. The first-order valence-corrected chi connectivity index (χ1v) is 9.63. The van der Waals surface area contributed by atoms with Crippen molar-refractivity contribution in [2.45, 2.75) is 71.1 Å². The SMILES string of the molecule is CC(C)c1c(Cl)cc2c(c1Cl)CCC1C(C)(C(=O)O)CCCC21C. The molecule has 1 saturated carbocycles. The van der Waals surface area contributed by atoms with E-state index in [-0.39, 0.29) is 17.3 Å². The number of aliphatic carboxylic acids is 1. The second kappa shape index (κ2) is 5.92. The lowest BCUT2D eigenvalue weighted by Gasteiger charge is -2.54. The fourth-order valence-electron chi connectivity index (χ4n) is 5.34. The molecule has 1 fully saturated rings. The van der Waals surface area contributed by atoms with Crippen molar-refractivity contribution >= 4 is 29.2 Å². The molecule has 3 rings (SSSR count). The molecule has 2 aliphatic rings.